The monoisotopic (exact) mass is 264 g/mol. The fourth-order valence-electron chi connectivity index (χ4n) is 1.94. The number of aliphatic hydroxyl groups is 1. The molecule has 0 bridgehead atoms. The molecule has 5 heteroatoms. The molecule has 0 radical (unpaired) electrons. The number of rotatable bonds is 3. The molecule has 0 aliphatic carbocycles. The summed E-state index contributed by atoms with van der Waals surface area (Å²) in [7, 11) is 0. The largest absolute Gasteiger partial charge is 0.384 e. The normalized spacial score (nSPS) is 12.7. The summed E-state index contributed by atoms with van der Waals surface area (Å²) < 4.78 is 24.9. The van der Waals surface area contributed by atoms with E-state index in [2.05, 4.69) is 4.98 Å². The Kier molecular flexibility index (Phi) is 3.76. The van der Waals surface area contributed by atoms with E-state index >= 15 is 0 Å². The topological polar surface area (TPSA) is 59.1 Å². The summed E-state index contributed by atoms with van der Waals surface area (Å²) in [6.07, 6.45) is -1.93. The Labute approximate surface area is 109 Å². The van der Waals surface area contributed by atoms with Gasteiger partial charge in [-0.25, -0.2) is 13.8 Å². The summed E-state index contributed by atoms with van der Waals surface area (Å²) in [4.78, 5) is 3.93. The Hall–Kier alpha value is -2.01. The molecule has 0 saturated carbocycles. The van der Waals surface area contributed by atoms with Gasteiger partial charge in [-0.15, -0.1) is 0 Å². The maximum absolute atomic E-state index is 12.5. The number of benzene rings is 1. The van der Waals surface area contributed by atoms with E-state index in [0.29, 0.717) is 11.1 Å². The minimum atomic E-state index is -2.52. The van der Waals surface area contributed by atoms with E-state index < -0.39 is 12.5 Å². The molecule has 0 amide bonds. The zero-order valence-corrected chi connectivity index (χ0v) is 10.3. The van der Waals surface area contributed by atoms with E-state index in [0.717, 1.165) is 5.56 Å². The number of nitrogens with zero attached hydrogens (tertiary/aromatic N) is 1. The first-order chi connectivity index (χ1) is 9.00. The Balaban J connectivity index is 2.36. The van der Waals surface area contributed by atoms with Gasteiger partial charge >= 0.3 is 0 Å². The molecule has 0 fully saturated rings. The van der Waals surface area contributed by atoms with Gasteiger partial charge in [0, 0.05) is 17.3 Å². The summed E-state index contributed by atoms with van der Waals surface area (Å²) >= 11 is 0. The molecule has 3 N–H and O–H groups in total. The van der Waals surface area contributed by atoms with Crippen molar-refractivity contribution >= 4 is 5.82 Å². The maximum Gasteiger partial charge on any atom is 0.263 e. The van der Waals surface area contributed by atoms with Crippen LogP contribution in [0.5, 0.6) is 0 Å². The fourth-order valence-corrected chi connectivity index (χ4v) is 1.94. The van der Waals surface area contributed by atoms with Crippen LogP contribution in [0, 0.1) is 6.92 Å². The van der Waals surface area contributed by atoms with Crippen LogP contribution >= 0.6 is 0 Å². The van der Waals surface area contributed by atoms with Gasteiger partial charge in [-0.3, -0.25) is 0 Å². The molecule has 2 aromatic rings. The van der Waals surface area contributed by atoms with Crippen molar-refractivity contribution in [3.63, 3.8) is 0 Å². The average Bonchev–Trinajstić information content (AvgIpc) is 2.38. The van der Waals surface area contributed by atoms with E-state index in [1.165, 1.54) is 24.3 Å². The Morgan fingerprint density at radius 3 is 2.21 bits per heavy atom. The second kappa shape index (κ2) is 5.32. The van der Waals surface area contributed by atoms with Crippen LogP contribution < -0.4 is 5.73 Å². The van der Waals surface area contributed by atoms with E-state index in [-0.39, 0.29) is 11.4 Å². The molecule has 0 saturated heterocycles. The number of halogens is 2. The van der Waals surface area contributed by atoms with Crippen LogP contribution in [0.15, 0.2) is 36.5 Å². The highest BCUT2D eigenvalue weighted by molar-refractivity contribution is 5.49. The van der Waals surface area contributed by atoms with E-state index in [4.69, 9.17) is 5.73 Å². The SMILES string of the molecule is Cc1ccnc(N)c1C(O)c1ccc(C(F)F)cc1. The van der Waals surface area contributed by atoms with Gasteiger partial charge in [0.05, 0.1) is 0 Å². The minimum absolute atomic E-state index is 0.0770. The first-order valence-electron chi connectivity index (χ1n) is 5.77. The summed E-state index contributed by atoms with van der Waals surface area (Å²) in [5.74, 6) is 0.241. The quantitative estimate of drug-likeness (QED) is 0.896. The smallest absolute Gasteiger partial charge is 0.263 e. The second-order valence-corrected chi connectivity index (χ2v) is 4.30. The highest BCUT2D eigenvalue weighted by Gasteiger charge is 2.17. The molecule has 0 aliphatic heterocycles. The number of nitrogen functional groups attached to an aromatic ring is 1. The number of aliphatic hydroxyl groups excluding tert-OH is 1. The lowest BCUT2D eigenvalue weighted by Gasteiger charge is -2.16. The molecule has 1 unspecified atom stereocenters. The maximum atomic E-state index is 12.5. The molecule has 100 valence electrons. The number of aryl methyl sites for hydroxylation is 1. The third-order valence-corrected chi connectivity index (χ3v) is 3.02. The van der Waals surface area contributed by atoms with Crippen molar-refractivity contribution in [3.8, 4) is 0 Å². The number of hydrogen-bond acceptors (Lipinski definition) is 3. The minimum Gasteiger partial charge on any atom is -0.384 e. The predicted molar refractivity (Wildman–Crippen MR) is 68.8 cm³/mol. The zero-order chi connectivity index (χ0) is 14.0. The summed E-state index contributed by atoms with van der Waals surface area (Å²) in [5, 5.41) is 10.3. The van der Waals surface area contributed by atoms with Crippen LogP contribution in [-0.2, 0) is 0 Å². The number of pyridine rings is 1. The van der Waals surface area contributed by atoms with Gasteiger partial charge in [0.15, 0.2) is 0 Å². The first kappa shape index (κ1) is 13.4. The van der Waals surface area contributed by atoms with Crippen molar-refractivity contribution in [1.29, 1.82) is 0 Å². The fraction of sp³-hybridized carbons (Fsp3) is 0.214. The molecule has 0 spiro atoms. The van der Waals surface area contributed by atoms with E-state index in [9.17, 15) is 13.9 Å². The summed E-state index contributed by atoms with van der Waals surface area (Å²) in [6.45, 7) is 1.81. The third-order valence-electron chi connectivity index (χ3n) is 3.02. The molecule has 3 nitrogen and oxygen atoms in total. The number of nitrogens with two attached hydrogens (primary N) is 1. The van der Waals surface area contributed by atoms with E-state index in [1.54, 1.807) is 12.3 Å². The molecule has 2 rings (SSSR count). The van der Waals surface area contributed by atoms with Gasteiger partial charge in [-0.05, 0) is 24.1 Å². The Bertz CT molecular complexity index is 550. The van der Waals surface area contributed by atoms with E-state index in [1.807, 2.05) is 6.92 Å². The highest BCUT2D eigenvalue weighted by atomic mass is 19.3. The molecular formula is C14H14F2N2O. The summed E-state index contributed by atoms with van der Waals surface area (Å²) in [6, 6.07) is 7.27. The van der Waals surface area contributed by atoms with Crippen LogP contribution in [0.2, 0.25) is 0 Å². The van der Waals surface area contributed by atoms with Crippen molar-refractivity contribution in [2.45, 2.75) is 19.5 Å². The zero-order valence-electron chi connectivity index (χ0n) is 10.3. The molecule has 1 atom stereocenters. The summed E-state index contributed by atoms with van der Waals surface area (Å²) in [5.41, 5.74) is 7.49. The van der Waals surface area contributed by atoms with Gasteiger partial charge in [0.25, 0.3) is 6.43 Å². The second-order valence-electron chi connectivity index (χ2n) is 4.30. The predicted octanol–water partition coefficient (Wildman–Crippen LogP) is 2.99. The third kappa shape index (κ3) is 2.71. The lowest BCUT2D eigenvalue weighted by atomic mass is 9.97. The van der Waals surface area contributed by atoms with Crippen LogP contribution in [0.1, 0.15) is 34.8 Å². The first-order valence-corrected chi connectivity index (χ1v) is 5.77. The lowest BCUT2D eigenvalue weighted by molar-refractivity contribution is 0.151. The molecule has 19 heavy (non-hydrogen) atoms. The number of alkyl halides is 2. The van der Waals surface area contributed by atoms with Crippen molar-refractivity contribution in [3.05, 3.63) is 58.8 Å². The van der Waals surface area contributed by atoms with Crippen LogP contribution in [-0.4, -0.2) is 10.1 Å². The standard InChI is InChI=1S/C14H14F2N2O/c1-8-6-7-18-14(17)11(8)12(19)9-2-4-10(5-3-9)13(15)16/h2-7,12-13,19H,1H3,(H2,17,18). The van der Waals surface area contributed by atoms with Gasteiger partial charge < -0.3 is 10.8 Å². The van der Waals surface area contributed by atoms with Crippen molar-refractivity contribution < 1.29 is 13.9 Å². The molecular weight excluding hydrogens is 250 g/mol. The van der Waals surface area contributed by atoms with Gasteiger partial charge in [-0.2, -0.15) is 0 Å². The lowest BCUT2D eigenvalue weighted by Crippen LogP contribution is -2.07. The van der Waals surface area contributed by atoms with Crippen LogP contribution in [0.25, 0.3) is 0 Å². The van der Waals surface area contributed by atoms with Crippen LogP contribution in [0.3, 0.4) is 0 Å². The number of aromatic nitrogens is 1. The van der Waals surface area contributed by atoms with Gasteiger partial charge in [-0.1, -0.05) is 24.3 Å². The van der Waals surface area contributed by atoms with Crippen molar-refractivity contribution in [2.24, 2.45) is 0 Å². The highest BCUT2D eigenvalue weighted by Crippen LogP contribution is 2.29. The number of anilines is 1. The van der Waals surface area contributed by atoms with Gasteiger partial charge in [0.2, 0.25) is 0 Å². The Morgan fingerprint density at radius 1 is 1.11 bits per heavy atom. The van der Waals surface area contributed by atoms with Gasteiger partial charge in [0.1, 0.15) is 11.9 Å². The Morgan fingerprint density at radius 2 is 1.68 bits per heavy atom. The average molecular weight is 264 g/mol. The molecule has 1 aromatic heterocycles. The number of hydrogen-bond donors (Lipinski definition) is 2. The molecule has 1 aromatic carbocycles. The van der Waals surface area contributed by atoms with Crippen molar-refractivity contribution in [2.75, 3.05) is 5.73 Å². The molecule has 1 heterocycles. The van der Waals surface area contributed by atoms with Crippen molar-refractivity contribution in [1.82, 2.24) is 4.98 Å². The van der Waals surface area contributed by atoms with Crippen LogP contribution in [0.4, 0.5) is 14.6 Å². The molecule has 0 aliphatic rings.